The van der Waals surface area contributed by atoms with E-state index in [2.05, 4.69) is 10.2 Å². The van der Waals surface area contributed by atoms with E-state index in [4.69, 9.17) is 14.2 Å². The third kappa shape index (κ3) is 4.74. The van der Waals surface area contributed by atoms with E-state index in [1.54, 1.807) is 17.0 Å². The van der Waals surface area contributed by atoms with Gasteiger partial charge in [0.15, 0.2) is 11.5 Å². The minimum Gasteiger partial charge on any atom is -0.506 e. The van der Waals surface area contributed by atoms with E-state index in [1.807, 2.05) is 54.6 Å². The zero-order valence-corrected chi connectivity index (χ0v) is 18.1. The summed E-state index contributed by atoms with van der Waals surface area (Å²) in [5, 5.41) is 13.0. The first-order valence-electron chi connectivity index (χ1n) is 10.9. The van der Waals surface area contributed by atoms with Gasteiger partial charge in [0.1, 0.15) is 18.1 Å². The molecule has 1 saturated heterocycles. The number of hydrogen-bond acceptors (Lipinski definition) is 6. The van der Waals surface area contributed by atoms with Gasteiger partial charge in [-0.05, 0) is 42.0 Å². The molecule has 8 nitrogen and oxygen atoms in total. The maximum Gasteiger partial charge on any atom is 0.321 e. The second-order valence-electron chi connectivity index (χ2n) is 7.90. The summed E-state index contributed by atoms with van der Waals surface area (Å²) in [7, 11) is 0. The first-order valence-corrected chi connectivity index (χ1v) is 10.9. The third-order valence-corrected chi connectivity index (χ3v) is 5.72. The van der Waals surface area contributed by atoms with Crippen LogP contribution in [0, 0.1) is 0 Å². The molecule has 0 bridgehead atoms. The molecule has 0 unspecified atom stereocenters. The Labute approximate surface area is 191 Å². The van der Waals surface area contributed by atoms with Crippen molar-refractivity contribution < 1.29 is 24.1 Å². The highest BCUT2D eigenvalue weighted by molar-refractivity contribution is 5.89. The number of hydrogen-bond donors (Lipinski definition) is 2. The van der Waals surface area contributed by atoms with Crippen LogP contribution in [-0.4, -0.2) is 49.0 Å². The molecule has 0 atom stereocenters. The highest BCUT2D eigenvalue weighted by Crippen LogP contribution is 2.35. The van der Waals surface area contributed by atoms with Gasteiger partial charge in [-0.1, -0.05) is 24.3 Å². The molecule has 2 aliphatic heterocycles. The molecular weight excluding hydrogens is 422 g/mol. The molecule has 33 heavy (non-hydrogen) atoms. The Morgan fingerprint density at radius 3 is 2.61 bits per heavy atom. The van der Waals surface area contributed by atoms with Gasteiger partial charge >= 0.3 is 6.03 Å². The molecule has 2 aliphatic rings. The van der Waals surface area contributed by atoms with Gasteiger partial charge in [-0.25, -0.2) is 4.79 Å². The lowest BCUT2D eigenvalue weighted by Crippen LogP contribution is -2.50. The number of carbonyl (C=O) groups excluding carboxylic acids is 1. The molecular formula is C25H25N3O5. The number of carbonyl (C=O) groups is 1. The summed E-state index contributed by atoms with van der Waals surface area (Å²) in [6, 6.07) is 20.2. The zero-order chi connectivity index (χ0) is 22.6. The molecule has 3 aromatic rings. The first-order chi connectivity index (χ1) is 16.2. The number of fused-ring (bicyclic) bond motifs is 1. The highest BCUT2D eigenvalue weighted by atomic mass is 16.7. The number of para-hydroxylation sites is 2. The molecule has 0 aliphatic carbocycles. The summed E-state index contributed by atoms with van der Waals surface area (Å²) < 4.78 is 16.6. The van der Waals surface area contributed by atoms with Crippen molar-refractivity contribution in [1.29, 1.82) is 0 Å². The van der Waals surface area contributed by atoms with Crippen LogP contribution in [0.4, 0.5) is 16.2 Å². The van der Waals surface area contributed by atoms with Crippen molar-refractivity contribution in [1.82, 2.24) is 4.90 Å². The van der Waals surface area contributed by atoms with E-state index < -0.39 is 0 Å². The van der Waals surface area contributed by atoms with Crippen LogP contribution in [0.15, 0.2) is 66.7 Å². The number of aromatic hydroxyl groups is 1. The summed E-state index contributed by atoms with van der Waals surface area (Å²) in [6.45, 7) is 3.07. The number of ether oxygens (including phenoxy) is 3. The van der Waals surface area contributed by atoms with Gasteiger partial charge in [-0.15, -0.1) is 0 Å². The number of phenols is 1. The molecule has 1 fully saturated rings. The number of nitrogens with one attached hydrogen (secondary N) is 1. The normalized spacial score (nSPS) is 14.8. The van der Waals surface area contributed by atoms with E-state index in [1.165, 1.54) is 0 Å². The Hall–Kier alpha value is -4.07. The SMILES string of the molecule is O=C(Nc1cccc(COc2ccc3c(c2)OCO3)c1)N1CCN(c2ccccc2O)CC1. The van der Waals surface area contributed by atoms with Gasteiger partial charge in [0, 0.05) is 37.9 Å². The summed E-state index contributed by atoms with van der Waals surface area (Å²) in [4.78, 5) is 16.6. The van der Waals surface area contributed by atoms with Gasteiger partial charge in [-0.3, -0.25) is 0 Å². The van der Waals surface area contributed by atoms with Crippen molar-refractivity contribution in [2.24, 2.45) is 0 Å². The van der Waals surface area contributed by atoms with Crippen LogP contribution >= 0.6 is 0 Å². The van der Waals surface area contributed by atoms with Crippen molar-refractivity contribution in [3.05, 3.63) is 72.3 Å². The Balaban J connectivity index is 1.14. The zero-order valence-electron chi connectivity index (χ0n) is 18.1. The predicted octanol–water partition coefficient (Wildman–Crippen LogP) is 4.05. The smallest absolute Gasteiger partial charge is 0.321 e. The summed E-state index contributed by atoms with van der Waals surface area (Å²) in [6.07, 6.45) is 0. The third-order valence-electron chi connectivity index (χ3n) is 5.72. The van der Waals surface area contributed by atoms with E-state index in [0.717, 1.165) is 16.9 Å². The minimum atomic E-state index is -0.138. The fraction of sp³-hybridized carbons (Fsp3) is 0.240. The minimum absolute atomic E-state index is 0.138. The van der Waals surface area contributed by atoms with E-state index in [-0.39, 0.29) is 18.6 Å². The quantitative estimate of drug-likeness (QED) is 0.614. The van der Waals surface area contributed by atoms with Gasteiger partial charge < -0.3 is 34.4 Å². The topological polar surface area (TPSA) is 83.5 Å². The summed E-state index contributed by atoms with van der Waals surface area (Å²) >= 11 is 0. The number of benzene rings is 3. The van der Waals surface area contributed by atoms with E-state index in [0.29, 0.717) is 50.0 Å². The number of rotatable bonds is 5. The molecule has 0 spiro atoms. The van der Waals surface area contributed by atoms with Crippen molar-refractivity contribution >= 4 is 17.4 Å². The monoisotopic (exact) mass is 447 g/mol. The van der Waals surface area contributed by atoms with Crippen molar-refractivity contribution in [3.63, 3.8) is 0 Å². The molecule has 2 N–H and O–H groups in total. The second kappa shape index (κ2) is 9.20. The summed E-state index contributed by atoms with van der Waals surface area (Å²) in [5.74, 6) is 2.34. The molecule has 0 aromatic heterocycles. The molecule has 170 valence electrons. The molecule has 5 rings (SSSR count). The Morgan fingerprint density at radius 1 is 0.939 bits per heavy atom. The average Bonchev–Trinajstić information content (AvgIpc) is 3.31. The van der Waals surface area contributed by atoms with Gasteiger partial charge in [0.2, 0.25) is 6.79 Å². The largest absolute Gasteiger partial charge is 0.506 e. The van der Waals surface area contributed by atoms with Crippen LogP contribution in [0.1, 0.15) is 5.56 Å². The van der Waals surface area contributed by atoms with Crippen LogP contribution in [0.2, 0.25) is 0 Å². The van der Waals surface area contributed by atoms with Gasteiger partial charge in [-0.2, -0.15) is 0 Å². The van der Waals surface area contributed by atoms with Crippen LogP contribution < -0.4 is 24.4 Å². The molecule has 2 heterocycles. The lowest BCUT2D eigenvalue weighted by Gasteiger charge is -2.36. The molecule has 3 aromatic carbocycles. The number of urea groups is 1. The number of phenolic OH excluding ortho intramolecular Hbond substituents is 1. The maximum atomic E-state index is 12.8. The first kappa shape index (κ1) is 20.8. The fourth-order valence-electron chi connectivity index (χ4n) is 3.96. The van der Waals surface area contributed by atoms with Gasteiger partial charge in [0.25, 0.3) is 0 Å². The predicted molar refractivity (Wildman–Crippen MR) is 124 cm³/mol. The van der Waals surface area contributed by atoms with E-state index in [9.17, 15) is 9.90 Å². The molecule has 8 heteroatoms. The Morgan fingerprint density at radius 2 is 1.76 bits per heavy atom. The fourth-order valence-corrected chi connectivity index (χ4v) is 3.96. The highest BCUT2D eigenvalue weighted by Gasteiger charge is 2.22. The number of nitrogens with zero attached hydrogens (tertiary/aromatic N) is 2. The van der Waals surface area contributed by atoms with Crippen molar-refractivity contribution in [3.8, 4) is 23.0 Å². The van der Waals surface area contributed by atoms with Crippen LogP contribution in [0.5, 0.6) is 23.0 Å². The van der Waals surface area contributed by atoms with Crippen molar-refractivity contribution in [2.45, 2.75) is 6.61 Å². The van der Waals surface area contributed by atoms with Crippen molar-refractivity contribution in [2.75, 3.05) is 43.2 Å². The number of amides is 2. The van der Waals surface area contributed by atoms with E-state index >= 15 is 0 Å². The molecule has 2 amide bonds. The second-order valence-corrected chi connectivity index (χ2v) is 7.90. The Bertz CT molecular complexity index is 1140. The molecule has 0 saturated carbocycles. The maximum absolute atomic E-state index is 12.8. The summed E-state index contributed by atoms with van der Waals surface area (Å²) in [5.41, 5.74) is 2.46. The lowest BCUT2D eigenvalue weighted by molar-refractivity contribution is 0.173. The van der Waals surface area contributed by atoms with Crippen LogP contribution in [-0.2, 0) is 6.61 Å². The average molecular weight is 447 g/mol. The number of anilines is 2. The van der Waals surface area contributed by atoms with Crippen LogP contribution in [0.25, 0.3) is 0 Å². The molecule has 0 radical (unpaired) electrons. The standard InChI is InChI=1S/C25H25N3O5/c29-22-7-2-1-6-21(22)27-10-12-28(13-11-27)25(30)26-19-5-3-4-18(14-19)16-31-20-8-9-23-24(15-20)33-17-32-23/h1-9,14-15,29H,10-13,16-17H2,(H,26,30). The van der Waals surface area contributed by atoms with Gasteiger partial charge in [0.05, 0.1) is 5.69 Å². The number of piperazine rings is 1. The Kier molecular flexibility index (Phi) is 5.80. The lowest BCUT2D eigenvalue weighted by atomic mass is 10.2. The van der Waals surface area contributed by atoms with Crippen LogP contribution in [0.3, 0.4) is 0 Å².